The van der Waals surface area contributed by atoms with Gasteiger partial charge in [-0.2, -0.15) is 0 Å². The number of nitrogens with zero attached hydrogens (tertiary/aromatic N) is 3. The predicted molar refractivity (Wildman–Crippen MR) is 59.3 cm³/mol. The number of hydrogen-bond donors (Lipinski definition) is 2. The average Bonchev–Trinajstić information content (AvgIpc) is 2.74. The van der Waals surface area contributed by atoms with Crippen molar-refractivity contribution in [2.24, 2.45) is 0 Å². The van der Waals surface area contributed by atoms with E-state index in [1.807, 2.05) is 0 Å². The summed E-state index contributed by atoms with van der Waals surface area (Å²) in [6, 6.07) is 0. The Labute approximate surface area is 95.7 Å². The fourth-order valence-electron chi connectivity index (χ4n) is 0.942. The number of halogens is 1. The minimum absolute atomic E-state index is 0.510. The molecular weight excluding hydrogens is 234 g/mol. The molecule has 0 amide bonds. The number of imidazole rings is 1. The first kappa shape index (κ1) is 10.3. The van der Waals surface area contributed by atoms with Gasteiger partial charge in [0.15, 0.2) is 5.16 Å². The van der Waals surface area contributed by atoms with Crippen molar-refractivity contribution in [3.8, 4) is 0 Å². The van der Waals surface area contributed by atoms with Crippen LogP contribution in [0.3, 0.4) is 0 Å². The molecule has 0 saturated carbocycles. The highest BCUT2D eigenvalue weighted by Gasteiger charge is 2.07. The lowest BCUT2D eigenvalue weighted by Crippen LogP contribution is -1.97. The molecule has 7 heteroatoms. The first-order valence-corrected chi connectivity index (χ1v) is 5.36. The summed E-state index contributed by atoms with van der Waals surface area (Å²) in [4.78, 5) is 15.2. The van der Waals surface area contributed by atoms with Crippen LogP contribution in [0.5, 0.6) is 0 Å². The van der Waals surface area contributed by atoms with E-state index in [0.29, 0.717) is 16.0 Å². The molecule has 2 heterocycles. The van der Waals surface area contributed by atoms with Crippen molar-refractivity contribution in [2.45, 2.75) is 10.2 Å². The summed E-state index contributed by atoms with van der Waals surface area (Å²) in [6.07, 6.45) is 4.98. The molecular formula is C8H8ClN5S. The molecule has 0 unspecified atom stereocenters. The van der Waals surface area contributed by atoms with Crippen molar-refractivity contribution in [3.05, 3.63) is 23.6 Å². The van der Waals surface area contributed by atoms with Crippen molar-refractivity contribution in [3.63, 3.8) is 0 Å². The number of nitrogens with one attached hydrogen (secondary N) is 2. The normalized spacial score (nSPS) is 10.3. The molecule has 0 radical (unpaired) electrons. The Balaban J connectivity index is 2.27. The summed E-state index contributed by atoms with van der Waals surface area (Å²) in [5.74, 6) is 0.536. The van der Waals surface area contributed by atoms with Gasteiger partial charge in [0.25, 0.3) is 0 Å². The van der Waals surface area contributed by atoms with Gasteiger partial charge in [-0.3, -0.25) is 0 Å². The zero-order valence-electron chi connectivity index (χ0n) is 7.86. The summed E-state index contributed by atoms with van der Waals surface area (Å²) in [7, 11) is 1.75. The fourth-order valence-corrected chi connectivity index (χ4v) is 1.85. The van der Waals surface area contributed by atoms with Crippen LogP contribution in [0.25, 0.3) is 0 Å². The number of anilines is 1. The molecule has 0 bridgehead atoms. The summed E-state index contributed by atoms with van der Waals surface area (Å²) >= 11 is 7.32. The van der Waals surface area contributed by atoms with Gasteiger partial charge < -0.3 is 10.3 Å². The third-order valence-corrected chi connectivity index (χ3v) is 2.91. The van der Waals surface area contributed by atoms with Gasteiger partial charge in [-0.05, 0) is 11.8 Å². The van der Waals surface area contributed by atoms with Crippen LogP contribution in [0, 0.1) is 0 Å². The summed E-state index contributed by atoms with van der Waals surface area (Å²) in [5, 5.41) is 4.78. The first-order valence-electron chi connectivity index (χ1n) is 4.17. The van der Waals surface area contributed by atoms with Crippen LogP contribution in [-0.4, -0.2) is 27.0 Å². The number of H-pyrrole nitrogens is 1. The molecule has 0 saturated heterocycles. The zero-order chi connectivity index (χ0) is 10.7. The van der Waals surface area contributed by atoms with Gasteiger partial charge >= 0.3 is 0 Å². The average molecular weight is 242 g/mol. The van der Waals surface area contributed by atoms with Gasteiger partial charge in [0, 0.05) is 19.4 Å². The molecule has 78 valence electrons. The predicted octanol–water partition coefficient (Wildman–Crippen LogP) is 2.05. The molecule has 2 rings (SSSR count). The second-order valence-corrected chi connectivity index (χ2v) is 3.98. The van der Waals surface area contributed by atoms with E-state index in [1.54, 1.807) is 25.6 Å². The third kappa shape index (κ3) is 2.40. The Bertz CT molecular complexity index is 444. The highest BCUT2D eigenvalue weighted by Crippen LogP contribution is 2.29. The Morgan fingerprint density at radius 3 is 3.00 bits per heavy atom. The summed E-state index contributed by atoms with van der Waals surface area (Å²) < 4.78 is 0. The standard InChI is InChI=1S/C8H8ClN5S/c1-10-7-13-4-5(9)6(14-7)15-8-11-2-3-12-8/h2-4H,1H3,(H,11,12)(H,10,13,14). The molecule has 0 fully saturated rings. The van der Waals surface area contributed by atoms with Gasteiger partial charge in [0.1, 0.15) is 5.03 Å². The highest BCUT2D eigenvalue weighted by molar-refractivity contribution is 7.99. The lowest BCUT2D eigenvalue weighted by molar-refractivity contribution is 1.02. The zero-order valence-corrected chi connectivity index (χ0v) is 9.43. The van der Waals surface area contributed by atoms with E-state index in [9.17, 15) is 0 Å². The molecule has 15 heavy (non-hydrogen) atoms. The molecule has 0 atom stereocenters. The number of rotatable bonds is 3. The molecule has 0 aliphatic rings. The van der Waals surface area contributed by atoms with Crippen LogP contribution in [0.1, 0.15) is 0 Å². The minimum Gasteiger partial charge on any atom is -0.357 e. The van der Waals surface area contributed by atoms with Crippen LogP contribution in [0.15, 0.2) is 28.8 Å². The van der Waals surface area contributed by atoms with E-state index >= 15 is 0 Å². The number of hydrogen-bond acceptors (Lipinski definition) is 5. The number of aromatic amines is 1. The molecule has 2 N–H and O–H groups in total. The van der Waals surface area contributed by atoms with Gasteiger partial charge in [0.05, 0.1) is 11.2 Å². The molecule has 0 aliphatic carbocycles. The molecule has 2 aromatic rings. The van der Waals surface area contributed by atoms with Crippen molar-refractivity contribution in [1.82, 2.24) is 19.9 Å². The van der Waals surface area contributed by atoms with Gasteiger partial charge in [-0.25, -0.2) is 15.0 Å². The van der Waals surface area contributed by atoms with Crippen molar-refractivity contribution >= 4 is 29.3 Å². The third-order valence-electron chi connectivity index (χ3n) is 1.60. The van der Waals surface area contributed by atoms with Crippen LogP contribution in [0.4, 0.5) is 5.95 Å². The maximum Gasteiger partial charge on any atom is 0.223 e. The second-order valence-electron chi connectivity index (χ2n) is 2.59. The molecule has 0 spiro atoms. The second kappa shape index (κ2) is 4.50. The Morgan fingerprint density at radius 1 is 1.47 bits per heavy atom. The van der Waals surface area contributed by atoms with E-state index in [-0.39, 0.29) is 0 Å². The largest absolute Gasteiger partial charge is 0.357 e. The van der Waals surface area contributed by atoms with Crippen LogP contribution >= 0.6 is 23.4 Å². The molecule has 2 aromatic heterocycles. The Hall–Kier alpha value is -1.27. The van der Waals surface area contributed by atoms with E-state index in [1.165, 1.54) is 11.8 Å². The maximum absolute atomic E-state index is 5.95. The Morgan fingerprint density at radius 2 is 2.33 bits per heavy atom. The SMILES string of the molecule is CNc1ncc(Cl)c(Sc2ncc[nH]2)n1. The monoisotopic (exact) mass is 241 g/mol. The van der Waals surface area contributed by atoms with Crippen molar-refractivity contribution in [1.29, 1.82) is 0 Å². The fraction of sp³-hybridized carbons (Fsp3) is 0.125. The van der Waals surface area contributed by atoms with Gasteiger partial charge in [-0.1, -0.05) is 11.6 Å². The van der Waals surface area contributed by atoms with Crippen molar-refractivity contribution < 1.29 is 0 Å². The quantitative estimate of drug-likeness (QED) is 0.805. The van der Waals surface area contributed by atoms with E-state index in [4.69, 9.17) is 11.6 Å². The topological polar surface area (TPSA) is 66.5 Å². The highest BCUT2D eigenvalue weighted by atomic mass is 35.5. The van der Waals surface area contributed by atoms with Crippen LogP contribution < -0.4 is 5.32 Å². The van der Waals surface area contributed by atoms with E-state index in [2.05, 4.69) is 25.3 Å². The molecule has 0 aromatic carbocycles. The molecule has 5 nitrogen and oxygen atoms in total. The summed E-state index contributed by atoms with van der Waals surface area (Å²) in [6.45, 7) is 0. The summed E-state index contributed by atoms with van der Waals surface area (Å²) in [5.41, 5.74) is 0. The lowest BCUT2D eigenvalue weighted by Gasteiger charge is -2.02. The Kier molecular flexibility index (Phi) is 3.08. The van der Waals surface area contributed by atoms with Crippen molar-refractivity contribution in [2.75, 3.05) is 12.4 Å². The van der Waals surface area contributed by atoms with Gasteiger partial charge in [-0.15, -0.1) is 0 Å². The van der Waals surface area contributed by atoms with E-state index < -0.39 is 0 Å². The maximum atomic E-state index is 5.95. The first-order chi connectivity index (χ1) is 7.29. The number of aromatic nitrogens is 4. The van der Waals surface area contributed by atoms with Crippen LogP contribution in [0.2, 0.25) is 5.02 Å². The van der Waals surface area contributed by atoms with Gasteiger partial charge in [0.2, 0.25) is 5.95 Å². The smallest absolute Gasteiger partial charge is 0.223 e. The molecule has 0 aliphatic heterocycles. The lowest BCUT2D eigenvalue weighted by atomic mass is 10.6. The van der Waals surface area contributed by atoms with Crippen LogP contribution in [-0.2, 0) is 0 Å². The van der Waals surface area contributed by atoms with E-state index in [0.717, 1.165) is 5.16 Å². The minimum atomic E-state index is 0.510.